The molecule has 0 amide bonds. The second-order valence-electron chi connectivity index (χ2n) is 5.36. The van der Waals surface area contributed by atoms with E-state index in [0.29, 0.717) is 5.92 Å². The number of aryl methyl sites for hydroxylation is 2. The van der Waals surface area contributed by atoms with Gasteiger partial charge < -0.3 is 5.32 Å². The lowest BCUT2D eigenvalue weighted by atomic mass is 9.91. The number of nitrogens with one attached hydrogen (secondary N) is 1. The topological polar surface area (TPSA) is 24.9 Å². The summed E-state index contributed by atoms with van der Waals surface area (Å²) in [6.07, 6.45) is 4.27. The smallest absolute Gasteiger partial charge is 0.0510 e. The van der Waals surface area contributed by atoms with E-state index in [1.165, 1.54) is 34.4 Å². The molecule has 3 rings (SSSR count). The van der Waals surface area contributed by atoms with Gasteiger partial charge in [-0.05, 0) is 55.1 Å². The van der Waals surface area contributed by atoms with Crippen molar-refractivity contribution in [1.82, 2.24) is 10.3 Å². The van der Waals surface area contributed by atoms with E-state index in [-0.39, 0.29) is 0 Å². The number of hydrogen-bond acceptors (Lipinski definition) is 2. The molecular weight excluding hydrogens is 232 g/mol. The van der Waals surface area contributed by atoms with Gasteiger partial charge in [-0.2, -0.15) is 0 Å². The van der Waals surface area contributed by atoms with Crippen LogP contribution < -0.4 is 5.32 Å². The molecular formula is C17H20N2. The van der Waals surface area contributed by atoms with Crippen molar-refractivity contribution in [3.8, 4) is 0 Å². The number of nitrogens with zero attached hydrogens (tertiary/aromatic N) is 1. The second kappa shape index (κ2) is 5.14. The van der Waals surface area contributed by atoms with Crippen molar-refractivity contribution in [2.45, 2.75) is 32.2 Å². The highest BCUT2D eigenvalue weighted by molar-refractivity contribution is 5.43. The minimum atomic E-state index is 0.480. The molecule has 1 unspecified atom stereocenters. The Bertz CT molecular complexity index is 590. The fourth-order valence-electron chi connectivity index (χ4n) is 3.09. The van der Waals surface area contributed by atoms with Gasteiger partial charge in [-0.25, -0.2) is 0 Å². The first-order valence-electron chi connectivity index (χ1n) is 6.97. The van der Waals surface area contributed by atoms with Crippen LogP contribution in [0.2, 0.25) is 0 Å². The van der Waals surface area contributed by atoms with E-state index in [1.54, 1.807) is 0 Å². The van der Waals surface area contributed by atoms with Crippen molar-refractivity contribution < 1.29 is 0 Å². The highest BCUT2D eigenvalue weighted by Gasteiger charge is 2.26. The van der Waals surface area contributed by atoms with Gasteiger partial charge in [-0.3, -0.25) is 4.98 Å². The maximum absolute atomic E-state index is 4.62. The van der Waals surface area contributed by atoms with Crippen LogP contribution in [0.25, 0.3) is 0 Å². The van der Waals surface area contributed by atoms with Crippen LogP contribution in [-0.4, -0.2) is 12.0 Å². The quantitative estimate of drug-likeness (QED) is 0.907. The second-order valence-corrected chi connectivity index (χ2v) is 5.36. The van der Waals surface area contributed by atoms with Crippen LogP contribution in [0.15, 0.2) is 36.5 Å². The fourth-order valence-corrected chi connectivity index (χ4v) is 3.09. The Kier molecular flexibility index (Phi) is 3.34. The average Bonchev–Trinajstić information content (AvgIpc) is 2.85. The molecule has 1 aromatic heterocycles. The van der Waals surface area contributed by atoms with Gasteiger partial charge in [0.25, 0.3) is 0 Å². The normalized spacial score (nSPS) is 17.5. The van der Waals surface area contributed by atoms with Crippen LogP contribution in [0.5, 0.6) is 0 Å². The van der Waals surface area contributed by atoms with E-state index in [0.717, 1.165) is 13.0 Å². The van der Waals surface area contributed by atoms with Gasteiger partial charge in [0.1, 0.15) is 0 Å². The molecule has 0 fully saturated rings. The van der Waals surface area contributed by atoms with E-state index >= 15 is 0 Å². The molecule has 1 N–H and O–H groups in total. The lowest BCUT2D eigenvalue weighted by molar-refractivity contribution is 0.758. The Hall–Kier alpha value is -1.67. The van der Waals surface area contributed by atoms with E-state index in [1.807, 2.05) is 19.3 Å². The molecule has 0 bridgehead atoms. The maximum Gasteiger partial charge on any atom is 0.0510 e. The van der Waals surface area contributed by atoms with Gasteiger partial charge in [0.05, 0.1) is 5.69 Å². The van der Waals surface area contributed by atoms with Crippen molar-refractivity contribution in [2.24, 2.45) is 0 Å². The summed E-state index contributed by atoms with van der Waals surface area (Å²) in [5, 5.41) is 3.22. The Morgan fingerprint density at radius 3 is 3.05 bits per heavy atom. The summed E-state index contributed by atoms with van der Waals surface area (Å²) >= 11 is 0. The van der Waals surface area contributed by atoms with E-state index in [9.17, 15) is 0 Å². The molecule has 2 nitrogen and oxygen atoms in total. The van der Waals surface area contributed by atoms with Crippen LogP contribution in [0.1, 0.15) is 40.3 Å². The maximum atomic E-state index is 4.62. The molecule has 0 aliphatic heterocycles. The zero-order valence-electron chi connectivity index (χ0n) is 11.6. The monoisotopic (exact) mass is 252 g/mol. The highest BCUT2D eigenvalue weighted by Crippen LogP contribution is 2.38. The molecule has 0 spiro atoms. The lowest BCUT2D eigenvalue weighted by Crippen LogP contribution is -2.07. The lowest BCUT2D eigenvalue weighted by Gasteiger charge is -2.15. The molecule has 19 heavy (non-hydrogen) atoms. The van der Waals surface area contributed by atoms with Gasteiger partial charge in [0.15, 0.2) is 0 Å². The molecule has 0 saturated carbocycles. The molecule has 1 atom stereocenters. The average molecular weight is 252 g/mol. The first-order chi connectivity index (χ1) is 9.29. The van der Waals surface area contributed by atoms with Crippen LogP contribution >= 0.6 is 0 Å². The zero-order chi connectivity index (χ0) is 13.2. The van der Waals surface area contributed by atoms with Crippen molar-refractivity contribution in [2.75, 3.05) is 7.05 Å². The number of hydrogen-bond donors (Lipinski definition) is 1. The third-order valence-electron chi connectivity index (χ3n) is 4.06. The van der Waals surface area contributed by atoms with E-state index in [2.05, 4.69) is 41.5 Å². The van der Waals surface area contributed by atoms with Crippen LogP contribution in [0.3, 0.4) is 0 Å². The van der Waals surface area contributed by atoms with Gasteiger partial charge in [-0.1, -0.05) is 24.3 Å². The Labute approximate surface area is 114 Å². The minimum Gasteiger partial charge on any atom is -0.316 e. The molecule has 0 radical (unpaired) electrons. The van der Waals surface area contributed by atoms with Crippen LogP contribution in [0.4, 0.5) is 0 Å². The SMILES string of the molecule is CNCc1ccc(C)c(C2CCc3cccnc32)c1. The number of benzene rings is 1. The summed E-state index contributed by atoms with van der Waals surface area (Å²) in [6, 6.07) is 11.1. The third-order valence-corrected chi connectivity index (χ3v) is 4.06. The van der Waals surface area contributed by atoms with E-state index < -0.39 is 0 Å². The predicted octanol–water partition coefficient (Wildman–Crippen LogP) is 3.19. The predicted molar refractivity (Wildman–Crippen MR) is 78.3 cm³/mol. The van der Waals surface area contributed by atoms with Gasteiger partial charge in [0.2, 0.25) is 0 Å². The summed E-state index contributed by atoms with van der Waals surface area (Å²) in [4.78, 5) is 4.62. The summed E-state index contributed by atoms with van der Waals surface area (Å²) < 4.78 is 0. The number of pyridine rings is 1. The molecule has 1 aromatic carbocycles. The zero-order valence-corrected chi connectivity index (χ0v) is 11.6. The largest absolute Gasteiger partial charge is 0.316 e. The molecule has 2 aromatic rings. The standard InChI is InChI=1S/C17H20N2/c1-12-5-6-13(11-18-2)10-16(12)15-8-7-14-4-3-9-19-17(14)15/h3-6,9-10,15,18H,7-8,11H2,1-2H3. The summed E-state index contributed by atoms with van der Waals surface area (Å²) in [5.74, 6) is 0.480. The number of aromatic nitrogens is 1. The van der Waals surface area contributed by atoms with Crippen molar-refractivity contribution >= 4 is 0 Å². The summed E-state index contributed by atoms with van der Waals surface area (Å²) in [7, 11) is 1.99. The molecule has 1 aliphatic carbocycles. The number of rotatable bonds is 3. The molecule has 1 heterocycles. The van der Waals surface area contributed by atoms with Crippen LogP contribution in [-0.2, 0) is 13.0 Å². The molecule has 0 saturated heterocycles. The highest BCUT2D eigenvalue weighted by atomic mass is 14.8. The van der Waals surface area contributed by atoms with Crippen molar-refractivity contribution in [3.05, 3.63) is 64.5 Å². The Morgan fingerprint density at radius 1 is 1.32 bits per heavy atom. The Morgan fingerprint density at radius 2 is 2.21 bits per heavy atom. The van der Waals surface area contributed by atoms with Crippen LogP contribution in [0, 0.1) is 6.92 Å². The first-order valence-corrected chi connectivity index (χ1v) is 6.97. The van der Waals surface area contributed by atoms with Gasteiger partial charge >= 0.3 is 0 Å². The molecule has 2 heteroatoms. The van der Waals surface area contributed by atoms with E-state index in [4.69, 9.17) is 0 Å². The molecule has 98 valence electrons. The van der Waals surface area contributed by atoms with Crippen molar-refractivity contribution in [3.63, 3.8) is 0 Å². The first kappa shape index (κ1) is 12.4. The third kappa shape index (κ3) is 2.28. The van der Waals surface area contributed by atoms with Crippen molar-refractivity contribution in [1.29, 1.82) is 0 Å². The van der Waals surface area contributed by atoms with Gasteiger partial charge in [-0.15, -0.1) is 0 Å². The van der Waals surface area contributed by atoms with Gasteiger partial charge in [0, 0.05) is 18.7 Å². The summed E-state index contributed by atoms with van der Waals surface area (Å²) in [5.41, 5.74) is 6.89. The summed E-state index contributed by atoms with van der Waals surface area (Å²) in [6.45, 7) is 3.13. The number of fused-ring (bicyclic) bond motifs is 1. The molecule has 1 aliphatic rings. The fraction of sp³-hybridized carbons (Fsp3) is 0.353. The Balaban J connectivity index is 2.01. The minimum absolute atomic E-state index is 0.480.